The van der Waals surface area contributed by atoms with Gasteiger partial charge >= 0.3 is 0 Å². The van der Waals surface area contributed by atoms with Crippen LogP contribution < -0.4 is 4.74 Å². The van der Waals surface area contributed by atoms with Crippen LogP contribution in [0.25, 0.3) is 11.0 Å². The second kappa shape index (κ2) is 8.56. The molecule has 1 N–H and O–H groups in total. The number of nitrogens with zero attached hydrogens (tertiary/aromatic N) is 1. The molecule has 6 nitrogen and oxygen atoms in total. The standard InChI is InChI=1S/C28H23NO5/c1-17-9-3-6-12-20(17)25-24(26(30)23-15-18-10-4-8-14-22(18)34-23)27(31)28(32)29(25)16-19-11-5-7-13-21(19)33-2/h3-15,25,31H,16H2,1-2H3. The van der Waals surface area contributed by atoms with Gasteiger partial charge in [-0.25, -0.2) is 0 Å². The number of aryl methyl sites for hydroxylation is 1. The lowest BCUT2D eigenvalue weighted by Crippen LogP contribution is -2.31. The second-order valence-electron chi connectivity index (χ2n) is 8.24. The van der Waals surface area contributed by atoms with Gasteiger partial charge in [0, 0.05) is 10.9 Å². The summed E-state index contributed by atoms with van der Waals surface area (Å²) < 4.78 is 11.2. The SMILES string of the molecule is COc1ccccc1CN1C(=O)C(O)=C(C(=O)c2cc3ccccc3o2)C1c1ccccc1C. The highest BCUT2D eigenvalue weighted by atomic mass is 16.5. The Bertz CT molecular complexity index is 1410. The molecule has 0 radical (unpaired) electrons. The molecule has 0 saturated heterocycles. The van der Waals surface area contributed by atoms with Gasteiger partial charge in [-0.2, -0.15) is 0 Å². The number of para-hydroxylation sites is 2. The number of methoxy groups -OCH3 is 1. The van der Waals surface area contributed by atoms with Crippen molar-refractivity contribution in [2.75, 3.05) is 7.11 Å². The van der Waals surface area contributed by atoms with E-state index >= 15 is 0 Å². The molecule has 6 heteroatoms. The Kier molecular flexibility index (Phi) is 5.42. The minimum atomic E-state index is -0.778. The van der Waals surface area contributed by atoms with Crippen molar-refractivity contribution in [1.29, 1.82) is 0 Å². The highest BCUT2D eigenvalue weighted by molar-refractivity contribution is 6.16. The van der Waals surface area contributed by atoms with Gasteiger partial charge < -0.3 is 19.2 Å². The first kappa shape index (κ1) is 21.5. The molecule has 0 aliphatic carbocycles. The third kappa shape index (κ3) is 3.53. The van der Waals surface area contributed by atoms with E-state index in [-0.39, 0.29) is 17.9 Å². The molecule has 1 aliphatic heterocycles. The zero-order valence-electron chi connectivity index (χ0n) is 18.8. The number of rotatable bonds is 6. The summed E-state index contributed by atoms with van der Waals surface area (Å²) in [6.07, 6.45) is 0. The number of aliphatic hydroxyl groups excluding tert-OH is 1. The van der Waals surface area contributed by atoms with E-state index in [1.165, 1.54) is 4.90 Å². The molecule has 1 amide bonds. The summed E-state index contributed by atoms with van der Waals surface area (Å²) in [6.45, 7) is 2.07. The molecule has 2 heterocycles. The molecule has 5 rings (SSSR count). The number of hydrogen-bond donors (Lipinski definition) is 1. The monoisotopic (exact) mass is 453 g/mol. The number of benzene rings is 3. The van der Waals surface area contributed by atoms with Crippen LogP contribution in [-0.2, 0) is 11.3 Å². The van der Waals surface area contributed by atoms with Crippen molar-refractivity contribution in [2.45, 2.75) is 19.5 Å². The lowest BCUT2D eigenvalue weighted by Gasteiger charge is -2.28. The van der Waals surface area contributed by atoms with Gasteiger partial charge in [-0.15, -0.1) is 0 Å². The van der Waals surface area contributed by atoms with Gasteiger partial charge in [-0.05, 0) is 36.2 Å². The second-order valence-corrected chi connectivity index (χ2v) is 8.24. The molecular weight excluding hydrogens is 430 g/mol. The van der Waals surface area contributed by atoms with Crippen LogP contribution in [-0.4, -0.2) is 28.8 Å². The molecule has 0 fully saturated rings. The van der Waals surface area contributed by atoms with Crippen LogP contribution in [0.5, 0.6) is 5.75 Å². The normalized spacial score (nSPS) is 15.9. The molecule has 1 aromatic heterocycles. The first-order valence-corrected chi connectivity index (χ1v) is 10.9. The molecular formula is C28H23NO5. The van der Waals surface area contributed by atoms with Crippen molar-refractivity contribution in [1.82, 2.24) is 4.90 Å². The third-order valence-electron chi connectivity index (χ3n) is 6.21. The van der Waals surface area contributed by atoms with E-state index in [2.05, 4.69) is 0 Å². The molecule has 1 aliphatic rings. The molecule has 0 saturated carbocycles. The van der Waals surface area contributed by atoms with Gasteiger partial charge in [0.15, 0.2) is 11.5 Å². The zero-order chi connectivity index (χ0) is 23.8. The van der Waals surface area contributed by atoms with Gasteiger partial charge in [0.25, 0.3) is 5.91 Å². The van der Waals surface area contributed by atoms with E-state index in [0.29, 0.717) is 11.3 Å². The van der Waals surface area contributed by atoms with Crippen LogP contribution >= 0.6 is 0 Å². The molecule has 1 atom stereocenters. The molecule has 0 bridgehead atoms. The smallest absolute Gasteiger partial charge is 0.290 e. The molecule has 34 heavy (non-hydrogen) atoms. The summed E-state index contributed by atoms with van der Waals surface area (Å²) in [5.41, 5.74) is 2.99. The van der Waals surface area contributed by atoms with Crippen LogP contribution in [0.1, 0.15) is 33.3 Å². The predicted octanol–water partition coefficient (Wildman–Crippen LogP) is 5.53. The minimum absolute atomic E-state index is 0.00764. The summed E-state index contributed by atoms with van der Waals surface area (Å²) in [6, 6.07) is 23.1. The van der Waals surface area contributed by atoms with Crippen LogP contribution in [0.2, 0.25) is 0 Å². The number of amides is 1. The van der Waals surface area contributed by atoms with Gasteiger partial charge in [-0.3, -0.25) is 9.59 Å². The van der Waals surface area contributed by atoms with Gasteiger partial charge in [0.1, 0.15) is 11.3 Å². The number of fused-ring (bicyclic) bond motifs is 1. The fourth-order valence-corrected chi connectivity index (χ4v) is 4.51. The topological polar surface area (TPSA) is 80.0 Å². The summed E-state index contributed by atoms with van der Waals surface area (Å²) >= 11 is 0. The molecule has 4 aromatic rings. The van der Waals surface area contributed by atoms with E-state index in [1.807, 2.05) is 73.7 Å². The lowest BCUT2D eigenvalue weighted by molar-refractivity contribution is -0.130. The number of ketones is 1. The number of ether oxygens (including phenoxy) is 1. The Labute approximate surface area is 196 Å². The third-order valence-corrected chi connectivity index (χ3v) is 6.21. The van der Waals surface area contributed by atoms with E-state index in [1.54, 1.807) is 19.2 Å². The predicted molar refractivity (Wildman–Crippen MR) is 128 cm³/mol. The summed E-state index contributed by atoms with van der Waals surface area (Å²) in [5, 5.41) is 11.7. The Morgan fingerprint density at radius 2 is 1.74 bits per heavy atom. The summed E-state index contributed by atoms with van der Waals surface area (Å²) in [4.78, 5) is 28.5. The number of carbonyl (C=O) groups is 2. The van der Waals surface area contributed by atoms with Crippen LogP contribution in [0.4, 0.5) is 0 Å². The first-order chi connectivity index (χ1) is 16.5. The van der Waals surface area contributed by atoms with Crippen molar-refractivity contribution in [3.8, 4) is 5.75 Å². The number of carbonyl (C=O) groups excluding carboxylic acids is 2. The zero-order valence-corrected chi connectivity index (χ0v) is 18.8. The van der Waals surface area contributed by atoms with Crippen molar-refractivity contribution < 1.29 is 23.8 Å². The Balaban J connectivity index is 1.62. The van der Waals surface area contributed by atoms with Gasteiger partial charge in [0.2, 0.25) is 5.78 Å². The maximum atomic E-state index is 13.7. The molecule has 170 valence electrons. The van der Waals surface area contributed by atoms with Crippen molar-refractivity contribution in [3.63, 3.8) is 0 Å². The fourth-order valence-electron chi connectivity index (χ4n) is 4.51. The van der Waals surface area contributed by atoms with E-state index in [4.69, 9.17) is 9.15 Å². The fraction of sp³-hybridized carbons (Fsp3) is 0.143. The Morgan fingerprint density at radius 3 is 2.50 bits per heavy atom. The first-order valence-electron chi connectivity index (χ1n) is 10.9. The van der Waals surface area contributed by atoms with Crippen molar-refractivity contribution in [3.05, 3.63) is 113 Å². The Morgan fingerprint density at radius 1 is 1.03 bits per heavy atom. The number of aliphatic hydroxyl groups is 1. The average molecular weight is 453 g/mol. The van der Waals surface area contributed by atoms with E-state index in [0.717, 1.165) is 22.1 Å². The van der Waals surface area contributed by atoms with Crippen molar-refractivity contribution >= 4 is 22.7 Å². The number of furan rings is 1. The number of hydrogen-bond acceptors (Lipinski definition) is 5. The maximum absolute atomic E-state index is 13.7. The highest BCUT2D eigenvalue weighted by Crippen LogP contribution is 2.42. The molecule has 1 unspecified atom stereocenters. The Hall–Kier alpha value is -4.32. The lowest BCUT2D eigenvalue weighted by atomic mass is 9.92. The van der Waals surface area contributed by atoms with E-state index in [9.17, 15) is 14.7 Å². The van der Waals surface area contributed by atoms with Crippen LogP contribution in [0, 0.1) is 6.92 Å². The quantitative estimate of drug-likeness (QED) is 0.389. The highest BCUT2D eigenvalue weighted by Gasteiger charge is 2.45. The molecule has 0 spiro atoms. The molecule has 3 aromatic carbocycles. The van der Waals surface area contributed by atoms with Crippen LogP contribution in [0.3, 0.4) is 0 Å². The van der Waals surface area contributed by atoms with Crippen LogP contribution in [0.15, 0.2) is 94.6 Å². The summed E-state index contributed by atoms with van der Waals surface area (Å²) in [7, 11) is 1.57. The minimum Gasteiger partial charge on any atom is -0.503 e. The van der Waals surface area contributed by atoms with Crippen molar-refractivity contribution in [2.24, 2.45) is 0 Å². The number of Topliss-reactive ketones (excluding diaryl/α,β-unsaturated/α-hetero) is 1. The average Bonchev–Trinajstić information content (AvgIpc) is 3.39. The largest absolute Gasteiger partial charge is 0.503 e. The maximum Gasteiger partial charge on any atom is 0.290 e. The van der Waals surface area contributed by atoms with Gasteiger partial charge in [-0.1, -0.05) is 60.7 Å². The van der Waals surface area contributed by atoms with E-state index < -0.39 is 23.5 Å². The van der Waals surface area contributed by atoms with Gasteiger partial charge in [0.05, 0.1) is 25.3 Å². The summed E-state index contributed by atoms with van der Waals surface area (Å²) in [5.74, 6) is -0.992.